The van der Waals surface area contributed by atoms with E-state index in [2.05, 4.69) is 0 Å². The van der Waals surface area contributed by atoms with Crippen LogP contribution in [-0.4, -0.2) is 69.4 Å². The van der Waals surface area contributed by atoms with Crippen LogP contribution in [-0.2, 0) is 14.8 Å². The van der Waals surface area contributed by atoms with Gasteiger partial charge in [-0.15, -0.1) is 0 Å². The fraction of sp³-hybridized carbons (Fsp3) is 0.417. The zero-order valence-corrected chi connectivity index (χ0v) is 20.1. The monoisotopic (exact) mass is 492 g/mol. The van der Waals surface area contributed by atoms with E-state index in [0.717, 1.165) is 4.31 Å². The van der Waals surface area contributed by atoms with E-state index in [1.807, 2.05) is 4.90 Å². The lowest BCUT2D eigenvalue weighted by molar-refractivity contribution is 0.0834. The second-order valence-electron chi connectivity index (χ2n) is 7.94. The number of likely N-dealkylation sites (tertiary alicyclic amines) is 1. The highest BCUT2D eigenvalue weighted by Crippen LogP contribution is 2.23. The van der Waals surface area contributed by atoms with Gasteiger partial charge < -0.3 is 14.4 Å². The molecule has 1 fully saturated rings. The first-order valence-corrected chi connectivity index (χ1v) is 12.6. The molecule has 8 nitrogen and oxygen atoms in total. The summed E-state index contributed by atoms with van der Waals surface area (Å²) >= 11 is 0. The molecule has 1 aliphatic rings. The van der Waals surface area contributed by atoms with Crippen molar-refractivity contribution in [2.45, 2.75) is 24.7 Å². The first kappa shape index (κ1) is 25.6. The number of nitrogens with zero attached hydrogens (tertiary/aromatic N) is 2. The number of carbonyl (C=O) groups is 2. The highest BCUT2D eigenvalue weighted by molar-refractivity contribution is 7.89. The van der Waals surface area contributed by atoms with Crippen molar-refractivity contribution in [3.05, 3.63) is 59.9 Å². The molecule has 1 aliphatic heterocycles. The van der Waals surface area contributed by atoms with Crippen molar-refractivity contribution < 1.29 is 31.9 Å². The van der Waals surface area contributed by atoms with E-state index in [0.29, 0.717) is 43.8 Å². The van der Waals surface area contributed by atoms with E-state index in [9.17, 15) is 22.4 Å². The Hall–Kier alpha value is -2.98. The third-order valence-electron chi connectivity index (χ3n) is 5.83. The van der Waals surface area contributed by atoms with Crippen molar-refractivity contribution in [3.63, 3.8) is 0 Å². The Bertz CT molecular complexity index is 1080. The average molecular weight is 493 g/mol. The predicted molar refractivity (Wildman–Crippen MR) is 124 cm³/mol. The first-order chi connectivity index (χ1) is 16.3. The minimum Gasteiger partial charge on any atom is -0.497 e. The zero-order chi connectivity index (χ0) is 24.7. The molecule has 0 aliphatic carbocycles. The van der Waals surface area contributed by atoms with Gasteiger partial charge >= 0.3 is 6.09 Å². The van der Waals surface area contributed by atoms with Crippen LogP contribution in [0.3, 0.4) is 0 Å². The lowest BCUT2D eigenvalue weighted by atomic mass is 9.89. The summed E-state index contributed by atoms with van der Waals surface area (Å²) in [6.07, 6.45) is 0.265. The van der Waals surface area contributed by atoms with E-state index in [1.54, 1.807) is 6.92 Å². The van der Waals surface area contributed by atoms with Gasteiger partial charge in [-0.05, 0) is 81.4 Å². The molecule has 0 aromatic heterocycles. The molecule has 0 unspecified atom stereocenters. The minimum atomic E-state index is -4.12. The molecule has 3 rings (SSSR count). The fourth-order valence-electron chi connectivity index (χ4n) is 3.88. The van der Waals surface area contributed by atoms with Crippen molar-refractivity contribution in [3.8, 4) is 5.75 Å². The van der Waals surface area contributed by atoms with E-state index < -0.39 is 16.1 Å². The molecule has 184 valence electrons. The number of piperidine rings is 1. The molecule has 0 bridgehead atoms. The van der Waals surface area contributed by atoms with E-state index >= 15 is 0 Å². The number of methoxy groups -OCH3 is 1. The number of sulfonamides is 1. The maximum atomic E-state index is 13.1. The smallest absolute Gasteiger partial charge is 0.423 e. The van der Waals surface area contributed by atoms with Crippen molar-refractivity contribution in [1.82, 2.24) is 9.21 Å². The Kier molecular flexibility index (Phi) is 8.62. The van der Waals surface area contributed by atoms with Gasteiger partial charge in [0.05, 0.1) is 25.2 Å². The molecule has 2 aromatic rings. The first-order valence-electron chi connectivity index (χ1n) is 11.1. The number of halogens is 1. The number of amides is 1. The van der Waals surface area contributed by atoms with Crippen LogP contribution in [0, 0.1) is 11.7 Å². The molecule has 0 radical (unpaired) electrons. The molecule has 1 heterocycles. The largest absolute Gasteiger partial charge is 0.497 e. The Morgan fingerprint density at radius 2 is 1.68 bits per heavy atom. The Morgan fingerprint density at radius 1 is 1.06 bits per heavy atom. The highest BCUT2D eigenvalue weighted by atomic mass is 32.2. The molecule has 0 spiro atoms. The number of ketones is 1. The van der Waals surface area contributed by atoms with E-state index in [1.165, 1.54) is 55.6 Å². The number of rotatable bonds is 9. The van der Waals surface area contributed by atoms with E-state index in [4.69, 9.17) is 9.47 Å². The molecule has 0 N–H and O–H groups in total. The van der Waals surface area contributed by atoms with Gasteiger partial charge in [-0.2, -0.15) is 4.31 Å². The van der Waals surface area contributed by atoms with E-state index in [-0.39, 0.29) is 35.6 Å². The third-order valence-corrected chi connectivity index (χ3v) is 7.61. The molecule has 1 saturated heterocycles. The third kappa shape index (κ3) is 6.12. The maximum absolute atomic E-state index is 13.1. The van der Waals surface area contributed by atoms with Gasteiger partial charge in [0.25, 0.3) is 10.0 Å². The number of ether oxygens (including phenoxy) is 2. The number of carbonyl (C=O) groups excluding carboxylic acids is 2. The van der Waals surface area contributed by atoms with Gasteiger partial charge in [0.2, 0.25) is 0 Å². The topological polar surface area (TPSA) is 93.2 Å². The van der Waals surface area contributed by atoms with Crippen LogP contribution in [0.2, 0.25) is 0 Å². The standard InChI is InChI=1S/C24H29FN2O6S/c1-3-33-24(29)27(34(30,31)22-10-8-21(32-2)9-11-22)17-16-26-14-12-19(13-15-26)23(28)18-4-6-20(25)7-5-18/h4-11,19H,3,12-17H2,1-2H3. The Morgan fingerprint density at radius 3 is 2.24 bits per heavy atom. The summed E-state index contributed by atoms with van der Waals surface area (Å²) in [5.74, 6) is -0.0809. The van der Waals surface area contributed by atoms with Gasteiger partial charge in [-0.3, -0.25) is 4.79 Å². The normalized spacial score (nSPS) is 15.0. The van der Waals surface area contributed by atoms with Crippen molar-refractivity contribution in [1.29, 1.82) is 0 Å². The maximum Gasteiger partial charge on any atom is 0.423 e. The molecule has 2 aromatic carbocycles. The van der Waals surface area contributed by atoms with Crippen molar-refractivity contribution >= 4 is 21.9 Å². The van der Waals surface area contributed by atoms with Crippen LogP contribution in [0.5, 0.6) is 5.75 Å². The predicted octanol–water partition coefficient (Wildman–Crippen LogP) is 3.58. The summed E-state index contributed by atoms with van der Waals surface area (Å²) in [4.78, 5) is 27.2. The molecule has 34 heavy (non-hydrogen) atoms. The van der Waals surface area contributed by atoms with Crippen LogP contribution in [0.25, 0.3) is 0 Å². The second-order valence-corrected chi connectivity index (χ2v) is 9.80. The number of hydrogen-bond acceptors (Lipinski definition) is 7. The van der Waals surface area contributed by atoms with Crippen LogP contribution in [0.1, 0.15) is 30.1 Å². The number of hydrogen-bond donors (Lipinski definition) is 0. The highest BCUT2D eigenvalue weighted by Gasteiger charge is 2.32. The average Bonchev–Trinajstić information content (AvgIpc) is 2.84. The molecule has 0 saturated carbocycles. The molecular formula is C24H29FN2O6S. The SMILES string of the molecule is CCOC(=O)N(CCN1CCC(C(=O)c2ccc(F)cc2)CC1)S(=O)(=O)c1ccc(OC)cc1. The lowest BCUT2D eigenvalue weighted by Crippen LogP contribution is -2.45. The van der Waals surface area contributed by atoms with Gasteiger partial charge in [-0.25, -0.2) is 17.6 Å². The quantitative estimate of drug-likeness (QED) is 0.494. The van der Waals surface area contributed by atoms with Crippen molar-refractivity contribution in [2.75, 3.05) is 39.9 Å². The minimum absolute atomic E-state index is 0.0186. The molecular weight excluding hydrogens is 463 g/mol. The Labute approximate surface area is 199 Å². The second kappa shape index (κ2) is 11.4. The number of benzene rings is 2. The zero-order valence-electron chi connectivity index (χ0n) is 19.3. The summed E-state index contributed by atoms with van der Waals surface area (Å²) in [5.41, 5.74) is 0.485. The molecule has 1 amide bonds. The van der Waals surface area contributed by atoms with Gasteiger partial charge in [0.15, 0.2) is 5.78 Å². The van der Waals surface area contributed by atoms with Gasteiger partial charge in [-0.1, -0.05) is 0 Å². The Balaban J connectivity index is 1.63. The van der Waals surface area contributed by atoms with Crippen LogP contribution in [0.15, 0.2) is 53.4 Å². The summed E-state index contributed by atoms with van der Waals surface area (Å²) < 4.78 is 50.2. The van der Waals surface area contributed by atoms with Crippen molar-refractivity contribution in [2.24, 2.45) is 5.92 Å². The summed E-state index contributed by atoms with van der Waals surface area (Å²) in [6.45, 7) is 3.05. The fourth-order valence-corrected chi connectivity index (χ4v) is 5.19. The summed E-state index contributed by atoms with van der Waals surface area (Å²) in [7, 11) is -2.64. The number of Topliss-reactive ketones (excluding diaryl/α,β-unsaturated/α-hetero) is 1. The van der Waals surface area contributed by atoms with Gasteiger partial charge in [0.1, 0.15) is 11.6 Å². The lowest BCUT2D eigenvalue weighted by Gasteiger charge is -2.32. The van der Waals surface area contributed by atoms with Crippen LogP contribution < -0.4 is 4.74 Å². The van der Waals surface area contributed by atoms with Crippen LogP contribution in [0.4, 0.5) is 9.18 Å². The van der Waals surface area contributed by atoms with Gasteiger partial charge in [0, 0.05) is 18.0 Å². The molecule has 10 heteroatoms. The van der Waals surface area contributed by atoms with Crippen LogP contribution >= 0.6 is 0 Å². The summed E-state index contributed by atoms with van der Waals surface area (Å²) in [5, 5.41) is 0. The molecule has 0 atom stereocenters. The summed E-state index contributed by atoms with van der Waals surface area (Å²) in [6, 6.07) is 11.3.